The lowest BCUT2D eigenvalue weighted by Crippen LogP contribution is -2.09. The quantitative estimate of drug-likeness (QED) is 0.851. The summed E-state index contributed by atoms with van der Waals surface area (Å²) in [6, 6.07) is 1.97. The molecule has 2 heterocycles. The summed E-state index contributed by atoms with van der Waals surface area (Å²) in [4.78, 5) is 0. The number of hydrogen-bond donors (Lipinski definition) is 1. The minimum absolute atomic E-state index is 0.549. The Morgan fingerprint density at radius 2 is 2.12 bits per heavy atom. The van der Waals surface area contributed by atoms with Gasteiger partial charge in [-0.25, -0.2) is 0 Å². The van der Waals surface area contributed by atoms with E-state index in [0.29, 0.717) is 11.6 Å². The zero-order valence-corrected chi connectivity index (χ0v) is 9.88. The first-order valence-corrected chi connectivity index (χ1v) is 5.39. The standard InChI is InChI=1S/C11H17N5/c1-8(2)7-16-10(4-5-13-16)11-9(12)6-14-15(11)3/h4-6,8H,7,12H2,1-3H3. The van der Waals surface area contributed by atoms with Crippen molar-refractivity contribution in [2.75, 3.05) is 5.73 Å². The monoisotopic (exact) mass is 219 g/mol. The molecule has 16 heavy (non-hydrogen) atoms. The minimum atomic E-state index is 0.549. The van der Waals surface area contributed by atoms with E-state index in [9.17, 15) is 0 Å². The van der Waals surface area contributed by atoms with Crippen molar-refractivity contribution in [1.82, 2.24) is 19.6 Å². The summed E-state index contributed by atoms with van der Waals surface area (Å²) in [5, 5.41) is 8.46. The van der Waals surface area contributed by atoms with Gasteiger partial charge in [0.15, 0.2) is 0 Å². The van der Waals surface area contributed by atoms with E-state index < -0.39 is 0 Å². The summed E-state index contributed by atoms with van der Waals surface area (Å²) in [6.07, 6.45) is 3.46. The van der Waals surface area contributed by atoms with Crippen LogP contribution in [0.1, 0.15) is 13.8 Å². The molecule has 0 spiro atoms. The molecule has 0 saturated heterocycles. The SMILES string of the molecule is CC(C)Cn1nccc1-c1c(N)cnn1C. The molecule has 0 aliphatic carbocycles. The van der Waals surface area contributed by atoms with Crippen LogP contribution >= 0.6 is 0 Å². The Bertz CT molecular complexity index is 461. The maximum atomic E-state index is 5.91. The van der Waals surface area contributed by atoms with Crippen molar-refractivity contribution < 1.29 is 0 Å². The largest absolute Gasteiger partial charge is 0.396 e. The number of nitrogen functional groups attached to an aromatic ring is 1. The molecule has 0 aromatic carbocycles. The van der Waals surface area contributed by atoms with Crippen LogP contribution in [0, 0.1) is 5.92 Å². The van der Waals surface area contributed by atoms with E-state index in [-0.39, 0.29) is 0 Å². The van der Waals surface area contributed by atoms with Gasteiger partial charge in [0.2, 0.25) is 0 Å². The first-order chi connectivity index (χ1) is 7.59. The zero-order chi connectivity index (χ0) is 11.7. The Morgan fingerprint density at radius 3 is 2.69 bits per heavy atom. The first-order valence-electron chi connectivity index (χ1n) is 5.39. The molecule has 0 atom stereocenters. The molecule has 2 aromatic heterocycles. The van der Waals surface area contributed by atoms with Crippen LogP contribution in [-0.2, 0) is 13.6 Å². The molecule has 2 rings (SSSR count). The van der Waals surface area contributed by atoms with Crippen molar-refractivity contribution in [3.8, 4) is 11.4 Å². The van der Waals surface area contributed by atoms with E-state index in [1.54, 1.807) is 17.1 Å². The Labute approximate surface area is 94.9 Å². The number of hydrogen-bond acceptors (Lipinski definition) is 3. The summed E-state index contributed by atoms with van der Waals surface area (Å²) in [5.74, 6) is 0.549. The molecule has 5 nitrogen and oxygen atoms in total. The normalized spacial score (nSPS) is 11.2. The van der Waals surface area contributed by atoms with Gasteiger partial charge in [-0.05, 0) is 12.0 Å². The summed E-state index contributed by atoms with van der Waals surface area (Å²) >= 11 is 0. The second-order valence-electron chi connectivity index (χ2n) is 4.36. The molecule has 0 fully saturated rings. The van der Waals surface area contributed by atoms with E-state index in [1.165, 1.54) is 0 Å². The third-order valence-corrected chi connectivity index (χ3v) is 2.46. The van der Waals surface area contributed by atoms with E-state index in [4.69, 9.17) is 5.73 Å². The molecular weight excluding hydrogens is 202 g/mol. The van der Waals surface area contributed by atoms with Crippen LogP contribution in [0.2, 0.25) is 0 Å². The first kappa shape index (κ1) is 10.7. The van der Waals surface area contributed by atoms with Crippen molar-refractivity contribution in [1.29, 1.82) is 0 Å². The van der Waals surface area contributed by atoms with Gasteiger partial charge in [0.05, 0.1) is 17.6 Å². The molecule has 0 radical (unpaired) electrons. The summed E-state index contributed by atoms with van der Waals surface area (Å²) in [7, 11) is 1.89. The third kappa shape index (κ3) is 1.80. The van der Waals surface area contributed by atoms with E-state index in [1.807, 2.05) is 17.8 Å². The topological polar surface area (TPSA) is 61.7 Å². The number of aromatic nitrogens is 4. The molecule has 0 bridgehead atoms. The Hall–Kier alpha value is -1.78. The summed E-state index contributed by atoms with van der Waals surface area (Å²) < 4.78 is 3.75. The van der Waals surface area contributed by atoms with Crippen molar-refractivity contribution in [3.63, 3.8) is 0 Å². The van der Waals surface area contributed by atoms with E-state index >= 15 is 0 Å². The number of anilines is 1. The second kappa shape index (κ2) is 4.00. The fourth-order valence-corrected chi connectivity index (χ4v) is 1.79. The molecule has 0 aliphatic rings. The Balaban J connectivity index is 2.44. The molecule has 86 valence electrons. The number of nitrogens with zero attached hydrogens (tertiary/aromatic N) is 4. The van der Waals surface area contributed by atoms with Crippen molar-refractivity contribution in [2.45, 2.75) is 20.4 Å². The van der Waals surface area contributed by atoms with Gasteiger partial charge in [0.1, 0.15) is 5.69 Å². The fraction of sp³-hybridized carbons (Fsp3) is 0.455. The van der Waals surface area contributed by atoms with Crippen LogP contribution in [0.5, 0.6) is 0 Å². The van der Waals surface area contributed by atoms with Crippen LogP contribution < -0.4 is 5.73 Å². The molecule has 0 saturated carbocycles. The lowest BCUT2D eigenvalue weighted by Gasteiger charge is -2.10. The van der Waals surface area contributed by atoms with Gasteiger partial charge in [-0.3, -0.25) is 9.36 Å². The summed E-state index contributed by atoms with van der Waals surface area (Å²) in [5.41, 5.74) is 8.54. The zero-order valence-electron chi connectivity index (χ0n) is 9.88. The Morgan fingerprint density at radius 1 is 1.38 bits per heavy atom. The van der Waals surface area contributed by atoms with Crippen LogP contribution in [0.4, 0.5) is 5.69 Å². The lowest BCUT2D eigenvalue weighted by molar-refractivity contribution is 0.486. The average Bonchev–Trinajstić information content (AvgIpc) is 2.74. The predicted molar refractivity (Wildman–Crippen MR) is 63.7 cm³/mol. The van der Waals surface area contributed by atoms with Gasteiger partial charge in [0, 0.05) is 19.8 Å². The lowest BCUT2D eigenvalue weighted by atomic mass is 10.2. The predicted octanol–water partition coefficient (Wildman–Crippen LogP) is 1.52. The van der Waals surface area contributed by atoms with Crippen LogP contribution in [0.15, 0.2) is 18.5 Å². The Kier molecular flexibility index (Phi) is 2.68. The van der Waals surface area contributed by atoms with Gasteiger partial charge in [-0.1, -0.05) is 13.8 Å². The molecule has 0 unspecified atom stereocenters. The van der Waals surface area contributed by atoms with Gasteiger partial charge >= 0.3 is 0 Å². The highest BCUT2D eigenvalue weighted by atomic mass is 15.3. The molecule has 0 aliphatic heterocycles. The van der Waals surface area contributed by atoms with Crippen LogP contribution in [-0.4, -0.2) is 19.6 Å². The van der Waals surface area contributed by atoms with Crippen molar-refractivity contribution in [2.24, 2.45) is 13.0 Å². The molecular formula is C11H17N5. The maximum Gasteiger partial charge on any atom is 0.109 e. The molecule has 2 N–H and O–H groups in total. The number of aryl methyl sites for hydroxylation is 1. The number of nitrogens with two attached hydrogens (primary N) is 1. The highest BCUT2D eigenvalue weighted by molar-refractivity contribution is 5.69. The number of rotatable bonds is 3. The van der Waals surface area contributed by atoms with Crippen LogP contribution in [0.3, 0.4) is 0 Å². The van der Waals surface area contributed by atoms with Crippen LogP contribution in [0.25, 0.3) is 11.4 Å². The molecule has 5 heteroatoms. The van der Waals surface area contributed by atoms with Crippen molar-refractivity contribution >= 4 is 5.69 Å². The van der Waals surface area contributed by atoms with Gasteiger partial charge in [-0.15, -0.1) is 0 Å². The average molecular weight is 219 g/mol. The minimum Gasteiger partial charge on any atom is -0.396 e. The highest BCUT2D eigenvalue weighted by Gasteiger charge is 2.13. The molecule has 0 amide bonds. The maximum absolute atomic E-state index is 5.91. The van der Waals surface area contributed by atoms with E-state index in [2.05, 4.69) is 24.0 Å². The van der Waals surface area contributed by atoms with Gasteiger partial charge in [0.25, 0.3) is 0 Å². The molecule has 2 aromatic rings. The smallest absolute Gasteiger partial charge is 0.109 e. The van der Waals surface area contributed by atoms with Gasteiger partial charge < -0.3 is 5.73 Å². The second-order valence-corrected chi connectivity index (χ2v) is 4.36. The summed E-state index contributed by atoms with van der Waals surface area (Å²) in [6.45, 7) is 5.21. The van der Waals surface area contributed by atoms with E-state index in [0.717, 1.165) is 17.9 Å². The third-order valence-electron chi connectivity index (χ3n) is 2.46. The fourth-order valence-electron chi connectivity index (χ4n) is 1.79. The highest BCUT2D eigenvalue weighted by Crippen LogP contribution is 2.24. The van der Waals surface area contributed by atoms with Crippen molar-refractivity contribution in [3.05, 3.63) is 18.5 Å². The van der Waals surface area contributed by atoms with Gasteiger partial charge in [-0.2, -0.15) is 10.2 Å².